The smallest absolute Gasteiger partial charge is 0.156 e. The first kappa shape index (κ1) is 14.7. The molecule has 114 valence electrons. The first-order valence-electron chi connectivity index (χ1n) is 7.72. The molecule has 21 heavy (non-hydrogen) atoms. The van der Waals surface area contributed by atoms with E-state index in [-0.39, 0.29) is 22.2 Å². The molecule has 2 atom stereocenters. The molecule has 0 aromatic carbocycles. The number of sulfone groups is 1. The van der Waals surface area contributed by atoms with E-state index in [2.05, 4.69) is 4.98 Å². The molecule has 1 aromatic rings. The number of hydrogen-bond donors (Lipinski definition) is 0. The number of nitrogens with zero attached hydrogens (tertiary/aromatic N) is 1. The van der Waals surface area contributed by atoms with Gasteiger partial charge < -0.3 is 0 Å². The maximum absolute atomic E-state index is 12.4. The average molecular weight is 307 g/mol. The van der Waals surface area contributed by atoms with Gasteiger partial charge in [0.2, 0.25) is 0 Å². The van der Waals surface area contributed by atoms with Gasteiger partial charge in [-0.25, -0.2) is 8.42 Å². The van der Waals surface area contributed by atoms with Crippen LogP contribution in [0.2, 0.25) is 0 Å². The Morgan fingerprint density at radius 3 is 2.52 bits per heavy atom. The predicted octanol–water partition coefficient (Wildman–Crippen LogP) is 2.33. The van der Waals surface area contributed by atoms with Gasteiger partial charge in [-0.1, -0.05) is 12.5 Å². The van der Waals surface area contributed by atoms with E-state index in [1.54, 1.807) is 6.20 Å². The average Bonchev–Trinajstić information content (AvgIpc) is 2.44. The van der Waals surface area contributed by atoms with Crippen LogP contribution in [0.4, 0.5) is 0 Å². The first-order valence-corrected chi connectivity index (χ1v) is 9.33. The highest BCUT2D eigenvalue weighted by molar-refractivity contribution is 7.92. The van der Waals surface area contributed by atoms with Crippen LogP contribution in [0.3, 0.4) is 0 Å². The van der Waals surface area contributed by atoms with Gasteiger partial charge in [0.05, 0.1) is 10.5 Å². The summed E-state index contributed by atoms with van der Waals surface area (Å²) in [6.45, 7) is 0. The van der Waals surface area contributed by atoms with Gasteiger partial charge in [-0.2, -0.15) is 0 Å². The van der Waals surface area contributed by atoms with Crippen LogP contribution in [0.15, 0.2) is 24.4 Å². The van der Waals surface area contributed by atoms with Crippen LogP contribution in [-0.4, -0.2) is 29.7 Å². The summed E-state index contributed by atoms with van der Waals surface area (Å²) in [5.74, 6) is 0.153. The molecule has 2 unspecified atom stereocenters. The molecule has 0 N–H and O–H groups in total. The molecular weight excluding hydrogens is 286 g/mol. The van der Waals surface area contributed by atoms with Crippen LogP contribution in [0.5, 0.6) is 0 Å². The van der Waals surface area contributed by atoms with Crippen molar-refractivity contribution in [3.05, 3.63) is 30.1 Å². The third-order valence-corrected chi connectivity index (χ3v) is 7.60. The monoisotopic (exact) mass is 307 g/mol. The zero-order chi connectivity index (χ0) is 14.9. The van der Waals surface area contributed by atoms with E-state index in [1.807, 2.05) is 18.2 Å². The normalized spacial score (nSPS) is 30.8. The number of aryl methyl sites for hydroxylation is 1. The molecule has 0 amide bonds. The number of fused-ring (bicyclic) bond motifs is 2. The van der Waals surface area contributed by atoms with Gasteiger partial charge in [-0.05, 0) is 44.2 Å². The van der Waals surface area contributed by atoms with Crippen molar-refractivity contribution in [2.45, 2.75) is 55.4 Å². The Morgan fingerprint density at radius 1 is 1.19 bits per heavy atom. The third-order valence-electron chi connectivity index (χ3n) is 4.89. The van der Waals surface area contributed by atoms with Crippen LogP contribution in [0, 0.1) is 5.92 Å². The summed E-state index contributed by atoms with van der Waals surface area (Å²) < 4.78 is 24.4. The molecule has 3 rings (SSSR count). The van der Waals surface area contributed by atoms with Crippen molar-refractivity contribution in [3.63, 3.8) is 0 Å². The molecule has 2 aliphatic heterocycles. The van der Waals surface area contributed by atoms with Crippen LogP contribution in [0.1, 0.15) is 44.2 Å². The molecule has 2 fully saturated rings. The third kappa shape index (κ3) is 3.03. The topological polar surface area (TPSA) is 64.1 Å². The van der Waals surface area contributed by atoms with E-state index in [9.17, 15) is 13.2 Å². The summed E-state index contributed by atoms with van der Waals surface area (Å²) in [4.78, 5) is 16.6. The largest absolute Gasteiger partial charge is 0.299 e. The first-order chi connectivity index (χ1) is 10.1. The van der Waals surface area contributed by atoms with Gasteiger partial charge >= 0.3 is 0 Å². The molecule has 0 aliphatic carbocycles. The fourth-order valence-electron chi connectivity index (χ4n) is 3.67. The van der Waals surface area contributed by atoms with E-state index in [0.29, 0.717) is 25.7 Å². The zero-order valence-corrected chi connectivity index (χ0v) is 12.9. The van der Waals surface area contributed by atoms with E-state index >= 15 is 0 Å². The van der Waals surface area contributed by atoms with Crippen molar-refractivity contribution in [1.29, 1.82) is 0 Å². The molecule has 2 saturated heterocycles. The highest BCUT2D eigenvalue weighted by Crippen LogP contribution is 2.40. The van der Waals surface area contributed by atoms with Crippen molar-refractivity contribution in [1.82, 2.24) is 4.98 Å². The number of aromatic nitrogens is 1. The second kappa shape index (κ2) is 5.87. The van der Waals surface area contributed by atoms with Crippen molar-refractivity contribution >= 4 is 15.6 Å². The second-order valence-electron chi connectivity index (χ2n) is 6.22. The van der Waals surface area contributed by atoms with Gasteiger partial charge in [-0.3, -0.25) is 9.78 Å². The Balaban J connectivity index is 1.62. The minimum atomic E-state index is -2.96. The Morgan fingerprint density at radius 2 is 1.90 bits per heavy atom. The van der Waals surface area contributed by atoms with Gasteiger partial charge in [0.25, 0.3) is 0 Å². The quantitative estimate of drug-likeness (QED) is 0.856. The number of carbonyl (C=O) groups excluding carboxylic acids is 1. The maximum Gasteiger partial charge on any atom is 0.156 e. The summed E-state index contributed by atoms with van der Waals surface area (Å²) >= 11 is 0. The standard InChI is InChI=1S/C16H21NO3S/c18-16(8-7-13-4-1-2-9-17-13)12-10-14-5-3-6-15(11-12)21(14,19)20/h1-2,4,9,12,14-15H,3,5-8,10-11H2. The molecule has 3 heterocycles. The van der Waals surface area contributed by atoms with Crippen LogP contribution < -0.4 is 0 Å². The fourth-order valence-corrected chi connectivity index (χ4v) is 6.21. The van der Waals surface area contributed by atoms with Gasteiger partial charge in [-0.15, -0.1) is 0 Å². The number of Topliss-reactive ketones (excluding diaryl/α,β-unsaturated/α-hetero) is 1. The Hall–Kier alpha value is -1.23. The molecule has 1 aromatic heterocycles. The van der Waals surface area contributed by atoms with E-state index in [4.69, 9.17) is 0 Å². The summed E-state index contributed by atoms with van der Waals surface area (Å²) in [6.07, 6.45) is 6.41. The van der Waals surface area contributed by atoms with Gasteiger partial charge in [0, 0.05) is 24.2 Å². The summed E-state index contributed by atoms with van der Waals surface area (Å²) in [5.41, 5.74) is 0.925. The number of hydrogen-bond acceptors (Lipinski definition) is 4. The van der Waals surface area contributed by atoms with Crippen LogP contribution >= 0.6 is 0 Å². The molecule has 0 spiro atoms. The lowest BCUT2D eigenvalue weighted by molar-refractivity contribution is -0.123. The van der Waals surface area contributed by atoms with Crippen molar-refractivity contribution in [2.24, 2.45) is 5.92 Å². The molecule has 4 nitrogen and oxygen atoms in total. The Labute approximate surface area is 125 Å². The van der Waals surface area contributed by atoms with Gasteiger partial charge in [0.1, 0.15) is 5.78 Å². The number of pyridine rings is 1. The lowest BCUT2D eigenvalue weighted by Crippen LogP contribution is -2.45. The SMILES string of the molecule is O=C(CCc1ccccn1)C1CC2CCCC(C1)S2(=O)=O. The van der Waals surface area contributed by atoms with E-state index in [0.717, 1.165) is 25.0 Å². The van der Waals surface area contributed by atoms with Gasteiger partial charge in [0.15, 0.2) is 9.84 Å². The van der Waals surface area contributed by atoms with Crippen molar-refractivity contribution < 1.29 is 13.2 Å². The second-order valence-corrected chi connectivity index (χ2v) is 8.73. The molecule has 2 aliphatic rings. The molecule has 5 heteroatoms. The summed E-state index contributed by atoms with van der Waals surface area (Å²) in [5, 5.41) is -0.539. The summed E-state index contributed by atoms with van der Waals surface area (Å²) in [7, 11) is -2.96. The van der Waals surface area contributed by atoms with Crippen molar-refractivity contribution in [3.8, 4) is 0 Å². The number of rotatable bonds is 4. The molecule has 0 saturated carbocycles. The van der Waals surface area contributed by atoms with E-state index < -0.39 is 9.84 Å². The fraction of sp³-hybridized carbons (Fsp3) is 0.625. The lowest BCUT2D eigenvalue weighted by atomic mass is 9.85. The number of carbonyl (C=O) groups is 1. The molecular formula is C16H21NO3S. The van der Waals surface area contributed by atoms with E-state index in [1.165, 1.54) is 0 Å². The van der Waals surface area contributed by atoms with Crippen LogP contribution in [-0.2, 0) is 21.1 Å². The maximum atomic E-state index is 12.4. The lowest BCUT2D eigenvalue weighted by Gasteiger charge is -2.38. The molecule has 0 radical (unpaired) electrons. The highest BCUT2D eigenvalue weighted by Gasteiger charge is 2.45. The minimum Gasteiger partial charge on any atom is -0.299 e. The minimum absolute atomic E-state index is 0.0625. The summed E-state index contributed by atoms with van der Waals surface area (Å²) in [6, 6.07) is 5.70. The van der Waals surface area contributed by atoms with Crippen LogP contribution in [0.25, 0.3) is 0 Å². The molecule has 2 bridgehead atoms. The number of ketones is 1. The Kier molecular flexibility index (Phi) is 4.11. The van der Waals surface area contributed by atoms with Crippen molar-refractivity contribution in [2.75, 3.05) is 0 Å². The Bertz CT molecular complexity index is 592. The zero-order valence-electron chi connectivity index (χ0n) is 12.1. The highest BCUT2D eigenvalue weighted by atomic mass is 32.2. The predicted molar refractivity (Wildman–Crippen MR) is 80.6 cm³/mol.